The average Bonchev–Trinajstić information content (AvgIpc) is 2.40. The van der Waals surface area contributed by atoms with Gasteiger partial charge in [0.2, 0.25) is 0 Å². The van der Waals surface area contributed by atoms with Gasteiger partial charge >= 0.3 is 0 Å². The maximum atomic E-state index is 5.21. The third kappa shape index (κ3) is 2.62. The molecule has 1 aromatic heterocycles. The first kappa shape index (κ1) is 8.12. The second-order valence-corrected chi connectivity index (χ2v) is 2.71. The molecule has 0 amide bonds. The summed E-state index contributed by atoms with van der Waals surface area (Å²) in [5.74, 6) is 1.05. The molecule has 0 aromatic carbocycles. The van der Waals surface area contributed by atoms with E-state index in [2.05, 4.69) is 19.9 Å². The van der Waals surface area contributed by atoms with E-state index in [0.29, 0.717) is 0 Å². The molecule has 1 rings (SSSR count). The molecule has 60 valence electrons. The van der Waals surface area contributed by atoms with Crippen molar-refractivity contribution in [3.63, 3.8) is 0 Å². The van der Waals surface area contributed by atoms with Crippen molar-refractivity contribution in [2.75, 3.05) is 0 Å². The van der Waals surface area contributed by atoms with Gasteiger partial charge in [0.25, 0.3) is 0 Å². The van der Waals surface area contributed by atoms with E-state index in [1.165, 1.54) is 5.57 Å². The first-order chi connectivity index (χ1) is 5.33. The Morgan fingerprint density at radius 2 is 2.45 bits per heavy atom. The highest BCUT2D eigenvalue weighted by molar-refractivity contribution is 5.10. The van der Waals surface area contributed by atoms with Crippen LogP contribution < -0.4 is 0 Å². The molecular formula is C10H14O. The molecule has 0 spiro atoms. The van der Waals surface area contributed by atoms with E-state index in [-0.39, 0.29) is 0 Å². The maximum absolute atomic E-state index is 5.21. The minimum Gasteiger partial charge on any atom is -0.469 e. The van der Waals surface area contributed by atoms with Crippen molar-refractivity contribution in [3.05, 3.63) is 35.8 Å². The van der Waals surface area contributed by atoms with Crippen molar-refractivity contribution in [2.24, 2.45) is 0 Å². The standard InChI is InChI=1S/C10H14O/c1-3-5-9(2)8-10-6-4-7-11-10/h4-7H,3,8H2,1-2H3/b9-5+. The number of allylic oxidation sites excluding steroid dienone is 2. The van der Waals surface area contributed by atoms with Crippen LogP contribution in [0.25, 0.3) is 0 Å². The number of rotatable bonds is 3. The van der Waals surface area contributed by atoms with Crippen LogP contribution in [-0.2, 0) is 6.42 Å². The molecule has 0 saturated heterocycles. The van der Waals surface area contributed by atoms with Gasteiger partial charge in [0.15, 0.2) is 0 Å². The van der Waals surface area contributed by atoms with Crippen LogP contribution in [0.4, 0.5) is 0 Å². The fraction of sp³-hybridized carbons (Fsp3) is 0.400. The molecule has 0 bridgehead atoms. The molecule has 0 aliphatic carbocycles. The highest BCUT2D eigenvalue weighted by atomic mass is 16.3. The summed E-state index contributed by atoms with van der Waals surface area (Å²) in [4.78, 5) is 0. The Hall–Kier alpha value is -0.980. The predicted octanol–water partition coefficient (Wildman–Crippen LogP) is 3.18. The van der Waals surface area contributed by atoms with Crippen molar-refractivity contribution < 1.29 is 4.42 Å². The first-order valence-corrected chi connectivity index (χ1v) is 4.01. The molecule has 0 fully saturated rings. The Morgan fingerprint density at radius 1 is 1.64 bits per heavy atom. The monoisotopic (exact) mass is 150 g/mol. The largest absolute Gasteiger partial charge is 0.469 e. The van der Waals surface area contributed by atoms with Crippen LogP contribution in [-0.4, -0.2) is 0 Å². The summed E-state index contributed by atoms with van der Waals surface area (Å²) in [5.41, 5.74) is 1.38. The quantitative estimate of drug-likeness (QED) is 0.603. The molecule has 0 unspecified atom stereocenters. The zero-order valence-corrected chi connectivity index (χ0v) is 7.13. The molecule has 1 heteroatoms. The van der Waals surface area contributed by atoms with E-state index in [0.717, 1.165) is 18.6 Å². The Bertz CT molecular complexity index is 219. The van der Waals surface area contributed by atoms with Gasteiger partial charge < -0.3 is 4.42 Å². The van der Waals surface area contributed by atoms with Gasteiger partial charge in [-0.3, -0.25) is 0 Å². The second-order valence-electron chi connectivity index (χ2n) is 2.71. The Labute approximate surface area is 67.7 Å². The second kappa shape index (κ2) is 4.02. The van der Waals surface area contributed by atoms with Gasteiger partial charge in [-0.05, 0) is 25.5 Å². The van der Waals surface area contributed by atoms with Gasteiger partial charge in [-0.2, -0.15) is 0 Å². The van der Waals surface area contributed by atoms with Crippen LogP contribution in [0.2, 0.25) is 0 Å². The fourth-order valence-electron chi connectivity index (χ4n) is 1.11. The lowest BCUT2D eigenvalue weighted by atomic mass is 10.1. The molecule has 0 saturated carbocycles. The highest BCUT2D eigenvalue weighted by Crippen LogP contribution is 2.08. The van der Waals surface area contributed by atoms with Crippen molar-refractivity contribution >= 4 is 0 Å². The molecule has 0 radical (unpaired) electrons. The van der Waals surface area contributed by atoms with E-state index in [1.54, 1.807) is 6.26 Å². The number of hydrogen-bond acceptors (Lipinski definition) is 1. The van der Waals surface area contributed by atoms with Gasteiger partial charge in [0, 0.05) is 6.42 Å². The predicted molar refractivity (Wildman–Crippen MR) is 46.5 cm³/mol. The van der Waals surface area contributed by atoms with Crippen LogP contribution in [0.15, 0.2) is 34.5 Å². The maximum Gasteiger partial charge on any atom is 0.107 e. The summed E-state index contributed by atoms with van der Waals surface area (Å²) >= 11 is 0. The molecule has 0 aliphatic heterocycles. The summed E-state index contributed by atoms with van der Waals surface area (Å²) in [5, 5.41) is 0. The van der Waals surface area contributed by atoms with E-state index in [1.807, 2.05) is 12.1 Å². The zero-order valence-electron chi connectivity index (χ0n) is 7.13. The third-order valence-electron chi connectivity index (χ3n) is 1.59. The van der Waals surface area contributed by atoms with Crippen LogP contribution in [0.5, 0.6) is 0 Å². The number of furan rings is 1. The SMILES string of the molecule is CC/C=C(\C)Cc1ccco1. The van der Waals surface area contributed by atoms with E-state index >= 15 is 0 Å². The molecule has 0 N–H and O–H groups in total. The third-order valence-corrected chi connectivity index (χ3v) is 1.59. The zero-order chi connectivity index (χ0) is 8.10. The lowest BCUT2D eigenvalue weighted by molar-refractivity contribution is 0.519. The van der Waals surface area contributed by atoms with Gasteiger partial charge in [0.1, 0.15) is 5.76 Å². The fourth-order valence-corrected chi connectivity index (χ4v) is 1.11. The van der Waals surface area contributed by atoms with Crippen molar-refractivity contribution in [1.82, 2.24) is 0 Å². The lowest BCUT2D eigenvalue weighted by Crippen LogP contribution is -1.82. The Kier molecular flexibility index (Phi) is 2.96. The lowest BCUT2D eigenvalue weighted by Gasteiger charge is -1.95. The van der Waals surface area contributed by atoms with Crippen molar-refractivity contribution in [1.29, 1.82) is 0 Å². The van der Waals surface area contributed by atoms with Gasteiger partial charge in [-0.25, -0.2) is 0 Å². The van der Waals surface area contributed by atoms with Crippen LogP contribution in [0.1, 0.15) is 26.0 Å². The first-order valence-electron chi connectivity index (χ1n) is 4.01. The molecular weight excluding hydrogens is 136 g/mol. The van der Waals surface area contributed by atoms with Gasteiger partial charge in [-0.15, -0.1) is 0 Å². The van der Waals surface area contributed by atoms with Crippen molar-refractivity contribution in [2.45, 2.75) is 26.7 Å². The minimum atomic E-state index is 0.945. The summed E-state index contributed by atoms with van der Waals surface area (Å²) in [6.07, 6.45) is 5.99. The minimum absolute atomic E-state index is 0.945. The van der Waals surface area contributed by atoms with E-state index in [4.69, 9.17) is 4.42 Å². The van der Waals surface area contributed by atoms with Crippen LogP contribution >= 0.6 is 0 Å². The summed E-state index contributed by atoms with van der Waals surface area (Å²) in [7, 11) is 0. The van der Waals surface area contributed by atoms with Crippen molar-refractivity contribution in [3.8, 4) is 0 Å². The summed E-state index contributed by atoms with van der Waals surface area (Å²) < 4.78 is 5.21. The van der Waals surface area contributed by atoms with Gasteiger partial charge in [-0.1, -0.05) is 18.6 Å². The van der Waals surface area contributed by atoms with E-state index < -0.39 is 0 Å². The normalized spacial score (nSPS) is 12.0. The Morgan fingerprint density at radius 3 is 3.00 bits per heavy atom. The summed E-state index contributed by atoms with van der Waals surface area (Å²) in [6.45, 7) is 4.28. The molecule has 0 atom stereocenters. The smallest absolute Gasteiger partial charge is 0.107 e. The molecule has 0 aliphatic rings. The van der Waals surface area contributed by atoms with Crippen LogP contribution in [0.3, 0.4) is 0 Å². The molecule has 1 aromatic rings. The summed E-state index contributed by atoms with van der Waals surface area (Å²) in [6, 6.07) is 3.93. The molecule has 1 nitrogen and oxygen atoms in total. The highest BCUT2D eigenvalue weighted by Gasteiger charge is 1.94. The molecule has 11 heavy (non-hydrogen) atoms. The average molecular weight is 150 g/mol. The van der Waals surface area contributed by atoms with Gasteiger partial charge in [0.05, 0.1) is 6.26 Å². The Balaban J connectivity index is 2.50. The topological polar surface area (TPSA) is 13.1 Å². The van der Waals surface area contributed by atoms with E-state index in [9.17, 15) is 0 Å². The molecule has 1 heterocycles. The number of hydrogen-bond donors (Lipinski definition) is 0. The van der Waals surface area contributed by atoms with Crippen LogP contribution in [0, 0.1) is 0 Å².